The van der Waals surface area contributed by atoms with Crippen molar-refractivity contribution in [3.8, 4) is 5.75 Å². The first-order chi connectivity index (χ1) is 15.3. The van der Waals surface area contributed by atoms with Gasteiger partial charge in [-0.2, -0.15) is 0 Å². The van der Waals surface area contributed by atoms with Gasteiger partial charge in [-0.3, -0.25) is 4.90 Å². The van der Waals surface area contributed by atoms with Gasteiger partial charge in [0.25, 0.3) is 0 Å². The minimum absolute atomic E-state index is 0.531. The summed E-state index contributed by atoms with van der Waals surface area (Å²) >= 11 is 0. The van der Waals surface area contributed by atoms with Crippen LogP contribution in [0.4, 0.5) is 17.2 Å². The largest absolute Gasteiger partial charge is 0.487 e. The molecule has 4 aliphatic heterocycles. The summed E-state index contributed by atoms with van der Waals surface area (Å²) in [6.45, 7) is 8.59. The lowest BCUT2D eigenvalue weighted by Gasteiger charge is -2.42. The van der Waals surface area contributed by atoms with Crippen LogP contribution in [0.25, 0.3) is 0 Å². The number of aromatic nitrogens is 1. The molecule has 0 amide bonds. The number of benzene rings is 1. The van der Waals surface area contributed by atoms with Crippen molar-refractivity contribution in [2.75, 3.05) is 62.7 Å². The first-order valence-electron chi connectivity index (χ1n) is 11.6. The first-order valence-corrected chi connectivity index (χ1v) is 11.6. The van der Waals surface area contributed by atoms with Crippen LogP contribution in [-0.4, -0.2) is 68.4 Å². The second kappa shape index (κ2) is 8.30. The molecule has 2 aromatic rings. The lowest BCUT2D eigenvalue weighted by Crippen LogP contribution is -2.58. The van der Waals surface area contributed by atoms with Gasteiger partial charge in [0, 0.05) is 44.1 Å². The zero-order valence-corrected chi connectivity index (χ0v) is 18.0. The van der Waals surface area contributed by atoms with Crippen LogP contribution in [0.3, 0.4) is 0 Å². The summed E-state index contributed by atoms with van der Waals surface area (Å²) in [4.78, 5) is 9.69. The number of morpholine rings is 1. The molecule has 1 aromatic heterocycles. The van der Waals surface area contributed by atoms with E-state index in [0.717, 1.165) is 68.3 Å². The van der Waals surface area contributed by atoms with Crippen LogP contribution in [-0.2, 0) is 11.3 Å². The van der Waals surface area contributed by atoms with E-state index in [1.807, 2.05) is 6.20 Å². The molecule has 7 nitrogen and oxygen atoms in total. The first kappa shape index (κ1) is 19.3. The third-order valence-electron chi connectivity index (χ3n) is 7.29. The molecule has 0 spiro atoms. The Morgan fingerprint density at radius 2 is 1.84 bits per heavy atom. The number of rotatable bonds is 3. The fourth-order valence-corrected chi connectivity index (χ4v) is 5.26. The van der Waals surface area contributed by atoms with Gasteiger partial charge in [0.1, 0.15) is 18.2 Å². The van der Waals surface area contributed by atoms with E-state index in [4.69, 9.17) is 9.47 Å². The summed E-state index contributed by atoms with van der Waals surface area (Å²) in [5, 5.41) is 6.99. The van der Waals surface area contributed by atoms with E-state index in [9.17, 15) is 0 Å². The van der Waals surface area contributed by atoms with Gasteiger partial charge in [0.15, 0.2) is 0 Å². The number of likely N-dealkylation sites (tertiary alicyclic amines) is 1. The van der Waals surface area contributed by atoms with Gasteiger partial charge in [0.05, 0.1) is 24.5 Å². The molecule has 0 unspecified atom stereocenters. The number of pyridine rings is 1. The minimum atomic E-state index is 0.531. The van der Waals surface area contributed by atoms with Crippen LogP contribution in [0.1, 0.15) is 29.9 Å². The quantitative estimate of drug-likeness (QED) is 0.790. The lowest BCUT2D eigenvalue weighted by molar-refractivity contribution is 0.113. The smallest absolute Gasteiger partial charge is 0.143 e. The number of fused-ring (bicyclic) bond motifs is 2. The van der Waals surface area contributed by atoms with Gasteiger partial charge in [-0.05, 0) is 55.6 Å². The van der Waals surface area contributed by atoms with Crippen LogP contribution < -0.4 is 20.3 Å². The van der Waals surface area contributed by atoms with Gasteiger partial charge in [-0.25, -0.2) is 4.98 Å². The van der Waals surface area contributed by atoms with Gasteiger partial charge in [0.2, 0.25) is 0 Å². The predicted octanol–water partition coefficient (Wildman–Crippen LogP) is 2.71. The molecule has 5 heterocycles. The number of anilines is 3. The molecular weight excluding hydrogens is 390 g/mol. The second-order valence-electron chi connectivity index (χ2n) is 9.05. The Morgan fingerprint density at radius 1 is 1.00 bits per heavy atom. The summed E-state index contributed by atoms with van der Waals surface area (Å²) < 4.78 is 11.8. The van der Waals surface area contributed by atoms with Crippen LogP contribution in [0, 0.1) is 0 Å². The molecule has 0 radical (unpaired) electrons. The third-order valence-corrected chi connectivity index (χ3v) is 7.29. The van der Waals surface area contributed by atoms with Gasteiger partial charge >= 0.3 is 0 Å². The average Bonchev–Trinajstić information content (AvgIpc) is 2.97. The van der Waals surface area contributed by atoms with E-state index in [1.165, 1.54) is 37.2 Å². The molecule has 164 valence electrons. The van der Waals surface area contributed by atoms with Gasteiger partial charge in [-0.1, -0.05) is 6.07 Å². The Kier molecular flexibility index (Phi) is 5.18. The van der Waals surface area contributed by atoms with Gasteiger partial charge < -0.3 is 25.0 Å². The Balaban J connectivity index is 1.21. The molecule has 3 saturated heterocycles. The standard InChI is InChI=1S/C24H31N5O2/c1-2-23-21(13-18(1)17-4-7-28(8-5-17)19-14-25-15-19)27-24-20(16-31-23)22(3-6-26-24)29-9-11-30-12-10-29/h1-3,6,13,17,19,25H,4-5,7-12,14-16H2,(H,26,27). The van der Waals surface area contributed by atoms with Crippen molar-refractivity contribution in [2.45, 2.75) is 31.4 Å². The fraction of sp³-hybridized carbons (Fsp3) is 0.542. The number of nitrogens with zero attached hydrogens (tertiary/aromatic N) is 3. The number of hydrogen-bond acceptors (Lipinski definition) is 7. The topological polar surface area (TPSA) is 61.9 Å². The normalized spacial score (nSPS) is 22.5. The summed E-state index contributed by atoms with van der Waals surface area (Å²) in [5.74, 6) is 2.44. The van der Waals surface area contributed by atoms with E-state index in [-0.39, 0.29) is 0 Å². The monoisotopic (exact) mass is 421 g/mol. The molecular formula is C24H31N5O2. The molecule has 6 rings (SSSR count). The summed E-state index contributed by atoms with van der Waals surface area (Å²) in [6.07, 6.45) is 4.36. The van der Waals surface area contributed by atoms with Crippen LogP contribution in [0.2, 0.25) is 0 Å². The number of hydrogen-bond donors (Lipinski definition) is 2. The number of piperidine rings is 1. The van der Waals surface area contributed by atoms with E-state index in [1.54, 1.807) is 0 Å². The van der Waals surface area contributed by atoms with E-state index < -0.39 is 0 Å². The molecule has 0 bridgehead atoms. The number of nitrogens with one attached hydrogen (secondary N) is 2. The lowest BCUT2D eigenvalue weighted by atomic mass is 9.88. The molecule has 0 aliphatic carbocycles. The maximum atomic E-state index is 6.24. The van der Waals surface area contributed by atoms with Crippen molar-refractivity contribution in [1.29, 1.82) is 0 Å². The Labute approximate surface area is 183 Å². The highest BCUT2D eigenvalue weighted by atomic mass is 16.5. The summed E-state index contributed by atoms with van der Waals surface area (Å²) in [5.41, 5.74) is 4.78. The molecule has 4 aliphatic rings. The van der Waals surface area contributed by atoms with Crippen LogP contribution >= 0.6 is 0 Å². The van der Waals surface area contributed by atoms with E-state index in [0.29, 0.717) is 12.5 Å². The van der Waals surface area contributed by atoms with E-state index >= 15 is 0 Å². The maximum absolute atomic E-state index is 6.24. The Hall–Kier alpha value is -2.35. The highest BCUT2D eigenvalue weighted by Gasteiger charge is 2.29. The molecule has 0 atom stereocenters. The fourth-order valence-electron chi connectivity index (χ4n) is 5.26. The van der Waals surface area contributed by atoms with Crippen molar-refractivity contribution >= 4 is 17.2 Å². The minimum Gasteiger partial charge on any atom is -0.487 e. The molecule has 31 heavy (non-hydrogen) atoms. The Morgan fingerprint density at radius 3 is 2.61 bits per heavy atom. The average molecular weight is 422 g/mol. The molecule has 3 fully saturated rings. The molecule has 0 saturated carbocycles. The van der Waals surface area contributed by atoms with E-state index in [2.05, 4.69) is 49.7 Å². The summed E-state index contributed by atoms with van der Waals surface area (Å²) in [7, 11) is 0. The molecule has 1 aromatic carbocycles. The Bertz CT molecular complexity index is 934. The van der Waals surface area contributed by atoms with Crippen molar-refractivity contribution in [1.82, 2.24) is 15.2 Å². The van der Waals surface area contributed by atoms with Crippen molar-refractivity contribution < 1.29 is 9.47 Å². The second-order valence-corrected chi connectivity index (χ2v) is 9.05. The number of ether oxygens (including phenoxy) is 2. The summed E-state index contributed by atoms with van der Waals surface area (Å²) in [6, 6.07) is 9.55. The van der Waals surface area contributed by atoms with Crippen LogP contribution in [0.5, 0.6) is 5.75 Å². The van der Waals surface area contributed by atoms with Crippen molar-refractivity contribution in [2.24, 2.45) is 0 Å². The predicted molar refractivity (Wildman–Crippen MR) is 122 cm³/mol. The van der Waals surface area contributed by atoms with Crippen LogP contribution in [0.15, 0.2) is 30.5 Å². The van der Waals surface area contributed by atoms with Gasteiger partial charge in [-0.15, -0.1) is 0 Å². The highest BCUT2D eigenvalue weighted by molar-refractivity contribution is 5.73. The molecule has 2 N–H and O–H groups in total. The zero-order chi connectivity index (χ0) is 20.6. The SMILES string of the molecule is c1cc(N2CCOCC2)c2c(n1)Nc1cc(C3CCN(C4CNC4)CC3)ccc1OC2. The third kappa shape index (κ3) is 3.75. The van der Waals surface area contributed by atoms with Crippen molar-refractivity contribution in [3.05, 3.63) is 41.6 Å². The van der Waals surface area contributed by atoms with Crippen molar-refractivity contribution in [3.63, 3.8) is 0 Å². The maximum Gasteiger partial charge on any atom is 0.143 e. The molecule has 7 heteroatoms. The highest BCUT2D eigenvalue weighted by Crippen LogP contribution is 2.40. The zero-order valence-electron chi connectivity index (χ0n) is 18.0.